The first-order valence-electron chi connectivity index (χ1n) is 5.86. The van der Waals surface area contributed by atoms with Crippen LogP contribution >= 0.6 is 0 Å². The van der Waals surface area contributed by atoms with E-state index in [1.807, 2.05) is 6.92 Å². The lowest BCUT2D eigenvalue weighted by Gasteiger charge is -2.25. The number of carboxylic acids is 1. The van der Waals surface area contributed by atoms with Gasteiger partial charge in [0.2, 0.25) is 5.91 Å². The summed E-state index contributed by atoms with van der Waals surface area (Å²) in [4.78, 5) is 24.5. The zero-order valence-electron chi connectivity index (χ0n) is 10.7. The van der Waals surface area contributed by atoms with Crippen molar-refractivity contribution in [2.75, 3.05) is 13.1 Å². The average Bonchev–Trinajstić information content (AvgIpc) is 2.18. The largest absolute Gasteiger partial charge is 0.481 e. The highest BCUT2D eigenvalue weighted by Crippen LogP contribution is 2.21. The van der Waals surface area contributed by atoms with Crippen LogP contribution in [-0.4, -0.2) is 35.0 Å². The summed E-state index contributed by atoms with van der Waals surface area (Å²) in [6.07, 6.45) is 2.07. The number of hydrogen-bond acceptors (Lipinski definition) is 2. The lowest BCUT2D eigenvalue weighted by atomic mass is 9.89. The van der Waals surface area contributed by atoms with Crippen LogP contribution in [0.2, 0.25) is 0 Å². The molecule has 0 bridgehead atoms. The Morgan fingerprint density at radius 3 is 2.19 bits per heavy atom. The summed E-state index contributed by atoms with van der Waals surface area (Å²) in [6.45, 7) is 8.53. The fourth-order valence-corrected chi connectivity index (χ4v) is 1.37. The van der Waals surface area contributed by atoms with E-state index in [4.69, 9.17) is 5.11 Å². The van der Waals surface area contributed by atoms with Gasteiger partial charge in [-0.3, -0.25) is 9.59 Å². The van der Waals surface area contributed by atoms with Gasteiger partial charge in [-0.15, -0.1) is 0 Å². The molecule has 0 atom stereocenters. The lowest BCUT2D eigenvalue weighted by Crippen LogP contribution is -2.37. The van der Waals surface area contributed by atoms with Gasteiger partial charge in [0.25, 0.3) is 0 Å². The van der Waals surface area contributed by atoms with Gasteiger partial charge in [-0.25, -0.2) is 0 Å². The molecule has 0 saturated heterocycles. The standard InChI is InChI=1S/C12H23NO3/c1-5-7-8-13(6-2)10(14)9-12(3,4)11(15)16/h5-9H2,1-4H3,(H,15,16). The molecule has 0 aromatic rings. The van der Waals surface area contributed by atoms with Gasteiger partial charge in [0, 0.05) is 19.5 Å². The van der Waals surface area contributed by atoms with Gasteiger partial charge in [0.05, 0.1) is 5.41 Å². The summed E-state index contributed by atoms with van der Waals surface area (Å²) < 4.78 is 0. The SMILES string of the molecule is CCCCN(CC)C(=O)CC(C)(C)C(=O)O. The van der Waals surface area contributed by atoms with Gasteiger partial charge in [0.1, 0.15) is 0 Å². The third-order valence-corrected chi connectivity index (χ3v) is 2.69. The normalized spacial score (nSPS) is 11.2. The summed E-state index contributed by atoms with van der Waals surface area (Å²) >= 11 is 0. The van der Waals surface area contributed by atoms with Gasteiger partial charge in [0.15, 0.2) is 0 Å². The molecule has 0 aliphatic carbocycles. The number of nitrogens with zero attached hydrogens (tertiary/aromatic N) is 1. The van der Waals surface area contributed by atoms with E-state index in [1.165, 1.54) is 0 Å². The van der Waals surface area contributed by atoms with Crippen molar-refractivity contribution in [3.05, 3.63) is 0 Å². The minimum atomic E-state index is -0.975. The Hall–Kier alpha value is -1.06. The van der Waals surface area contributed by atoms with Crippen molar-refractivity contribution < 1.29 is 14.7 Å². The van der Waals surface area contributed by atoms with Crippen LogP contribution in [0.5, 0.6) is 0 Å². The molecule has 0 spiro atoms. The lowest BCUT2D eigenvalue weighted by molar-refractivity contribution is -0.151. The summed E-state index contributed by atoms with van der Waals surface area (Å²) in [5.41, 5.74) is -0.975. The molecule has 0 aliphatic heterocycles. The summed E-state index contributed by atoms with van der Waals surface area (Å²) in [7, 11) is 0. The second-order valence-electron chi connectivity index (χ2n) is 4.69. The van der Waals surface area contributed by atoms with Gasteiger partial charge < -0.3 is 10.0 Å². The minimum absolute atomic E-state index is 0.0663. The number of aliphatic carboxylic acids is 1. The summed E-state index contributed by atoms with van der Waals surface area (Å²) in [5.74, 6) is -0.990. The number of carbonyl (C=O) groups is 2. The predicted molar refractivity (Wildman–Crippen MR) is 63.2 cm³/mol. The second-order valence-corrected chi connectivity index (χ2v) is 4.69. The Balaban J connectivity index is 4.36. The van der Waals surface area contributed by atoms with Crippen molar-refractivity contribution in [1.29, 1.82) is 0 Å². The van der Waals surface area contributed by atoms with Crippen LogP contribution in [0.15, 0.2) is 0 Å². The zero-order chi connectivity index (χ0) is 12.8. The Labute approximate surface area is 97.6 Å². The summed E-state index contributed by atoms with van der Waals surface area (Å²) in [5, 5.41) is 8.95. The molecule has 1 N–H and O–H groups in total. The van der Waals surface area contributed by atoms with E-state index in [2.05, 4.69) is 6.92 Å². The Morgan fingerprint density at radius 2 is 1.81 bits per heavy atom. The average molecular weight is 229 g/mol. The van der Waals surface area contributed by atoms with E-state index in [9.17, 15) is 9.59 Å². The third-order valence-electron chi connectivity index (χ3n) is 2.69. The topological polar surface area (TPSA) is 57.6 Å². The van der Waals surface area contributed by atoms with Crippen molar-refractivity contribution in [3.8, 4) is 0 Å². The quantitative estimate of drug-likeness (QED) is 0.727. The van der Waals surface area contributed by atoms with Crippen LogP contribution in [0.1, 0.15) is 47.0 Å². The van der Waals surface area contributed by atoms with Crippen LogP contribution in [0.3, 0.4) is 0 Å². The van der Waals surface area contributed by atoms with Crippen LogP contribution in [0, 0.1) is 5.41 Å². The van der Waals surface area contributed by atoms with E-state index in [1.54, 1.807) is 18.7 Å². The van der Waals surface area contributed by atoms with Crippen LogP contribution < -0.4 is 0 Å². The zero-order valence-corrected chi connectivity index (χ0v) is 10.7. The molecule has 0 aromatic carbocycles. The number of hydrogen-bond donors (Lipinski definition) is 1. The van der Waals surface area contributed by atoms with Crippen molar-refractivity contribution >= 4 is 11.9 Å². The first-order chi connectivity index (χ1) is 7.35. The molecular formula is C12H23NO3. The molecule has 1 amide bonds. The number of unbranched alkanes of at least 4 members (excludes halogenated alkanes) is 1. The van der Waals surface area contributed by atoms with E-state index < -0.39 is 11.4 Å². The Morgan fingerprint density at radius 1 is 1.25 bits per heavy atom. The fraction of sp³-hybridized carbons (Fsp3) is 0.833. The number of carbonyl (C=O) groups excluding carboxylic acids is 1. The minimum Gasteiger partial charge on any atom is -0.481 e. The van der Waals surface area contributed by atoms with Crippen LogP contribution in [-0.2, 0) is 9.59 Å². The molecule has 4 nitrogen and oxygen atoms in total. The molecule has 16 heavy (non-hydrogen) atoms. The number of rotatable bonds is 7. The maximum atomic E-state index is 11.9. The molecule has 0 fully saturated rings. The Bertz CT molecular complexity index is 249. The molecule has 0 radical (unpaired) electrons. The molecule has 0 aromatic heterocycles. The molecule has 0 unspecified atom stereocenters. The highest BCUT2D eigenvalue weighted by molar-refractivity contribution is 5.84. The molecule has 0 aliphatic rings. The highest BCUT2D eigenvalue weighted by atomic mass is 16.4. The first-order valence-corrected chi connectivity index (χ1v) is 5.86. The van der Waals surface area contributed by atoms with Crippen molar-refractivity contribution in [2.24, 2.45) is 5.41 Å². The maximum absolute atomic E-state index is 11.9. The van der Waals surface area contributed by atoms with Crippen LogP contribution in [0.25, 0.3) is 0 Å². The maximum Gasteiger partial charge on any atom is 0.309 e. The number of amides is 1. The van der Waals surface area contributed by atoms with Crippen LogP contribution in [0.4, 0.5) is 0 Å². The van der Waals surface area contributed by atoms with E-state index in [0.717, 1.165) is 19.4 Å². The summed E-state index contributed by atoms with van der Waals surface area (Å²) in [6, 6.07) is 0. The van der Waals surface area contributed by atoms with Gasteiger partial charge in [-0.05, 0) is 27.2 Å². The molecule has 0 saturated carbocycles. The second kappa shape index (κ2) is 6.51. The van der Waals surface area contributed by atoms with Crippen molar-refractivity contribution in [3.63, 3.8) is 0 Å². The van der Waals surface area contributed by atoms with E-state index in [0.29, 0.717) is 6.54 Å². The molecule has 0 rings (SSSR count). The molecular weight excluding hydrogens is 206 g/mol. The highest BCUT2D eigenvalue weighted by Gasteiger charge is 2.31. The first kappa shape index (κ1) is 14.9. The van der Waals surface area contributed by atoms with Gasteiger partial charge in [-0.1, -0.05) is 13.3 Å². The molecule has 4 heteroatoms. The monoisotopic (exact) mass is 229 g/mol. The van der Waals surface area contributed by atoms with E-state index in [-0.39, 0.29) is 12.3 Å². The smallest absolute Gasteiger partial charge is 0.309 e. The fourth-order valence-electron chi connectivity index (χ4n) is 1.37. The predicted octanol–water partition coefficient (Wildman–Crippen LogP) is 2.14. The third kappa shape index (κ3) is 4.64. The molecule has 94 valence electrons. The van der Waals surface area contributed by atoms with Gasteiger partial charge in [-0.2, -0.15) is 0 Å². The van der Waals surface area contributed by atoms with Crippen molar-refractivity contribution in [2.45, 2.75) is 47.0 Å². The van der Waals surface area contributed by atoms with Gasteiger partial charge >= 0.3 is 5.97 Å². The molecule has 0 heterocycles. The Kier molecular flexibility index (Phi) is 6.08. The number of carboxylic acid groups (broad SMARTS) is 1. The van der Waals surface area contributed by atoms with E-state index >= 15 is 0 Å². The van der Waals surface area contributed by atoms with Crippen molar-refractivity contribution in [1.82, 2.24) is 4.90 Å².